The minimum absolute atomic E-state index is 0.194. The van der Waals surface area contributed by atoms with Crippen molar-refractivity contribution in [3.05, 3.63) is 58.1 Å². The van der Waals surface area contributed by atoms with E-state index in [4.69, 9.17) is 22.4 Å². The van der Waals surface area contributed by atoms with Gasteiger partial charge >= 0.3 is 5.97 Å². The highest BCUT2D eigenvalue weighted by molar-refractivity contribution is 6.34. The van der Waals surface area contributed by atoms with Crippen LogP contribution in [-0.2, 0) is 0 Å². The molecule has 0 aliphatic carbocycles. The first-order valence-electron chi connectivity index (χ1n) is 6.09. The molecule has 108 valence electrons. The third-order valence-electron chi connectivity index (χ3n) is 3.00. The Morgan fingerprint density at radius 1 is 1.24 bits per heavy atom. The molecule has 0 saturated carbocycles. The molecule has 0 radical (unpaired) electrons. The number of amides is 1. The molecule has 0 fully saturated rings. The number of aryl methyl sites for hydroxylation is 1. The molecule has 0 heterocycles. The molecule has 0 aromatic heterocycles. The highest BCUT2D eigenvalue weighted by atomic mass is 35.5. The number of aromatic carboxylic acids is 1. The van der Waals surface area contributed by atoms with Crippen LogP contribution in [0.25, 0.3) is 0 Å². The highest BCUT2D eigenvalue weighted by Gasteiger charge is 2.13. The van der Waals surface area contributed by atoms with E-state index in [0.29, 0.717) is 16.9 Å². The minimum atomic E-state index is -0.986. The zero-order valence-corrected chi connectivity index (χ0v) is 11.9. The SMILES string of the molecule is Cc1cc(Nc2cccc(Cl)c2C(N)=O)ccc1C(=O)O. The van der Waals surface area contributed by atoms with Gasteiger partial charge in [-0.15, -0.1) is 0 Å². The number of benzene rings is 2. The monoisotopic (exact) mass is 304 g/mol. The smallest absolute Gasteiger partial charge is 0.335 e. The van der Waals surface area contributed by atoms with Crippen molar-refractivity contribution in [1.29, 1.82) is 0 Å². The predicted octanol–water partition coefficient (Wildman–Crippen LogP) is 3.19. The molecule has 0 unspecified atom stereocenters. The Morgan fingerprint density at radius 2 is 1.95 bits per heavy atom. The highest BCUT2D eigenvalue weighted by Crippen LogP contribution is 2.27. The molecule has 0 aliphatic rings. The first-order chi connectivity index (χ1) is 9.90. The number of hydrogen-bond acceptors (Lipinski definition) is 3. The zero-order chi connectivity index (χ0) is 15.6. The number of carboxylic acids is 1. The van der Waals surface area contributed by atoms with Gasteiger partial charge < -0.3 is 16.2 Å². The quantitative estimate of drug-likeness (QED) is 0.808. The maximum atomic E-state index is 11.5. The Hall–Kier alpha value is -2.53. The van der Waals surface area contributed by atoms with Gasteiger partial charge in [0.15, 0.2) is 0 Å². The van der Waals surface area contributed by atoms with Crippen LogP contribution in [0.3, 0.4) is 0 Å². The number of rotatable bonds is 4. The van der Waals surface area contributed by atoms with Gasteiger partial charge in [-0.05, 0) is 42.8 Å². The third-order valence-corrected chi connectivity index (χ3v) is 3.31. The number of primary amides is 1. The molecule has 0 aliphatic heterocycles. The number of nitrogens with one attached hydrogen (secondary N) is 1. The van der Waals surface area contributed by atoms with Crippen LogP contribution in [0.15, 0.2) is 36.4 Å². The van der Waals surface area contributed by atoms with Crippen LogP contribution in [0.4, 0.5) is 11.4 Å². The van der Waals surface area contributed by atoms with E-state index in [1.807, 2.05) is 0 Å². The molecule has 2 aromatic rings. The van der Waals surface area contributed by atoms with Crippen molar-refractivity contribution in [3.8, 4) is 0 Å². The van der Waals surface area contributed by atoms with Crippen molar-refractivity contribution < 1.29 is 14.7 Å². The Balaban J connectivity index is 2.39. The summed E-state index contributed by atoms with van der Waals surface area (Å²) in [6.07, 6.45) is 0. The molecule has 21 heavy (non-hydrogen) atoms. The normalized spacial score (nSPS) is 10.2. The zero-order valence-electron chi connectivity index (χ0n) is 11.2. The van der Waals surface area contributed by atoms with Gasteiger partial charge in [0.1, 0.15) is 0 Å². The number of hydrogen-bond donors (Lipinski definition) is 3. The van der Waals surface area contributed by atoms with Crippen molar-refractivity contribution in [2.75, 3.05) is 5.32 Å². The summed E-state index contributed by atoms with van der Waals surface area (Å²) in [5.74, 6) is -1.62. The number of nitrogens with two attached hydrogens (primary N) is 1. The van der Waals surface area contributed by atoms with Gasteiger partial charge in [-0.1, -0.05) is 17.7 Å². The summed E-state index contributed by atoms with van der Waals surface area (Å²) in [5.41, 5.74) is 7.46. The summed E-state index contributed by atoms with van der Waals surface area (Å²) in [7, 11) is 0. The van der Waals surface area contributed by atoms with Gasteiger partial charge in [0.05, 0.1) is 21.8 Å². The van der Waals surface area contributed by atoms with Gasteiger partial charge in [-0.2, -0.15) is 0 Å². The lowest BCUT2D eigenvalue weighted by Crippen LogP contribution is -2.14. The average molecular weight is 305 g/mol. The van der Waals surface area contributed by atoms with E-state index in [0.717, 1.165) is 0 Å². The lowest BCUT2D eigenvalue weighted by molar-refractivity contribution is 0.0696. The first kappa shape index (κ1) is 14.9. The summed E-state index contributed by atoms with van der Waals surface area (Å²) >= 11 is 5.97. The fourth-order valence-electron chi connectivity index (χ4n) is 2.02. The molecule has 0 atom stereocenters. The van der Waals surface area contributed by atoms with Gasteiger partial charge in [0.25, 0.3) is 5.91 Å². The average Bonchev–Trinajstić information content (AvgIpc) is 2.37. The van der Waals surface area contributed by atoms with E-state index < -0.39 is 11.9 Å². The number of anilines is 2. The summed E-state index contributed by atoms with van der Waals surface area (Å²) in [4.78, 5) is 22.4. The van der Waals surface area contributed by atoms with E-state index in [1.54, 1.807) is 37.3 Å². The molecule has 1 amide bonds. The Morgan fingerprint density at radius 3 is 2.52 bits per heavy atom. The maximum absolute atomic E-state index is 11.5. The number of carboxylic acid groups (broad SMARTS) is 1. The van der Waals surface area contributed by atoms with E-state index in [9.17, 15) is 9.59 Å². The summed E-state index contributed by atoms with van der Waals surface area (Å²) in [5, 5.41) is 12.3. The van der Waals surface area contributed by atoms with Gasteiger partial charge in [0.2, 0.25) is 0 Å². The van der Waals surface area contributed by atoms with Gasteiger partial charge in [0, 0.05) is 5.69 Å². The third kappa shape index (κ3) is 3.14. The lowest BCUT2D eigenvalue weighted by atomic mass is 10.1. The Kier molecular flexibility index (Phi) is 4.14. The van der Waals surface area contributed by atoms with E-state index >= 15 is 0 Å². The topological polar surface area (TPSA) is 92.4 Å². The molecule has 2 rings (SSSR count). The van der Waals surface area contributed by atoms with Crippen molar-refractivity contribution in [2.45, 2.75) is 6.92 Å². The van der Waals surface area contributed by atoms with Crippen LogP contribution >= 0.6 is 11.6 Å². The second kappa shape index (κ2) is 5.85. The maximum Gasteiger partial charge on any atom is 0.335 e. The number of halogens is 1. The van der Waals surface area contributed by atoms with Crippen LogP contribution < -0.4 is 11.1 Å². The van der Waals surface area contributed by atoms with E-state index in [-0.39, 0.29) is 16.1 Å². The second-order valence-corrected chi connectivity index (χ2v) is 4.89. The van der Waals surface area contributed by atoms with Crippen molar-refractivity contribution >= 4 is 34.9 Å². The molecule has 0 bridgehead atoms. The van der Waals surface area contributed by atoms with Crippen LogP contribution in [0.2, 0.25) is 5.02 Å². The first-order valence-corrected chi connectivity index (χ1v) is 6.47. The van der Waals surface area contributed by atoms with Gasteiger partial charge in [-0.3, -0.25) is 4.79 Å². The lowest BCUT2D eigenvalue weighted by Gasteiger charge is -2.12. The van der Waals surface area contributed by atoms with Crippen LogP contribution in [0.1, 0.15) is 26.3 Å². The Bertz CT molecular complexity index is 729. The molecule has 0 saturated heterocycles. The molecule has 2 aromatic carbocycles. The molecule has 5 nitrogen and oxygen atoms in total. The van der Waals surface area contributed by atoms with Crippen LogP contribution in [-0.4, -0.2) is 17.0 Å². The predicted molar refractivity (Wildman–Crippen MR) is 81.4 cm³/mol. The van der Waals surface area contributed by atoms with Crippen molar-refractivity contribution in [1.82, 2.24) is 0 Å². The molecular weight excluding hydrogens is 292 g/mol. The molecule has 6 heteroatoms. The van der Waals surface area contributed by atoms with Crippen molar-refractivity contribution in [2.24, 2.45) is 5.73 Å². The minimum Gasteiger partial charge on any atom is -0.478 e. The standard InChI is InChI=1S/C15H13ClN2O3/c1-8-7-9(5-6-10(8)15(20)21)18-12-4-2-3-11(16)13(12)14(17)19/h2-7,18H,1H3,(H2,17,19)(H,20,21). The molecular formula is C15H13ClN2O3. The fraction of sp³-hybridized carbons (Fsp3) is 0.0667. The number of carbonyl (C=O) groups is 2. The second-order valence-electron chi connectivity index (χ2n) is 4.49. The van der Waals surface area contributed by atoms with Crippen LogP contribution in [0.5, 0.6) is 0 Å². The largest absolute Gasteiger partial charge is 0.478 e. The summed E-state index contributed by atoms with van der Waals surface area (Å²) in [6.45, 7) is 1.70. The summed E-state index contributed by atoms with van der Waals surface area (Å²) < 4.78 is 0. The van der Waals surface area contributed by atoms with Crippen LogP contribution in [0, 0.1) is 6.92 Å². The summed E-state index contributed by atoms with van der Waals surface area (Å²) in [6, 6.07) is 9.72. The van der Waals surface area contributed by atoms with E-state index in [1.165, 1.54) is 6.07 Å². The van der Waals surface area contributed by atoms with Gasteiger partial charge in [-0.25, -0.2) is 4.79 Å². The fourth-order valence-corrected chi connectivity index (χ4v) is 2.28. The van der Waals surface area contributed by atoms with Crippen molar-refractivity contribution in [3.63, 3.8) is 0 Å². The van der Waals surface area contributed by atoms with E-state index in [2.05, 4.69) is 5.32 Å². The Labute approximate surface area is 126 Å². The number of carbonyl (C=O) groups excluding carboxylic acids is 1. The molecule has 0 spiro atoms. The molecule has 4 N–H and O–H groups in total.